The van der Waals surface area contributed by atoms with E-state index in [-0.39, 0.29) is 5.92 Å². The summed E-state index contributed by atoms with van der Waals surface area (Å²) in [6.07, 6.45) is 6.30. The predicted octanol–water partition coefficient (Wildman–Crippen LogP) is 7.93. The quantitative estimate of drug-likeness (QED) is 0.306. The van der Waals surface area contributed by atoms with Crippen LogP contribution in [0.15, 0.2) is 127 Å². The average molecular weight is 385 g/mol. The highest BCUT2D eigenvalue weighted by atomic mass is 14.3. The lowest BCUT2D eigenvalue weighted by Gasteiger charge is -2.26. The maximum Gasteiger partial charge on any atom is 0.0168 e. The summed E-state index contributed by atoms with van der Waals surface area (Å²) < 4.78 is 0. The van der Waals surface area contributed by atoms with Gasteiger partial charge in [0.25, 0.3) is 0 Å². The van der Waals surface area contributed by atoms with Crippen LogP contribution in [0.5, 0.6) is 0 Å². The first-order chi connectivity index (χ1) is 14.8. The highest BCUT2D eigenvalue weighted by molar-refractivity contribution is 5.86. The Morgan fingerprint density at radius 1 is 0.667 bits per heavy atom. The Labute approximate surface area is 178 Å². The molecule has 1 aliphatic rings. The number of hydrogen-bond acceptors (Lipinski definition) is 0. The van der Waals surface area contributed by atoms with E-state index in [1.54, 1.807) is 0 Å². The zero-order valence-electron chi connectivity index (χ0n) is 17.1. The van der Waals surface area contributed by atoms with Gasteiger partial charge in [0, 0.05) is 5.92 Å². The molecule has 30 heavy (non-hydrogen) atoms. The molecule has 0 saturated heterocycles. The van der Waals surface area contributed by atoms with E-state index in [0.717, 1.165) is 0 Å². The molecule has 144 valence electrons. The molecular weight excluding hydrogens is 360 g/mol. The van der Waals surface area contributed by atoms with Gasteiger partial charge in [-0.1, -0.05) is 116 Å². The summed E-state index contributed by atoms with van der Waals surface area (Å²) >= 11 is 0. The number of rotatable bonds is 5. The van der Waals surface area contributed by atoms with Gasteiger partial charge in [-0.15, -0.1) is 5.73 Å². The molecule has 4 aromatic rings. The Morgan fingerprint density at radius 3 is 2.13 bits per heavy atom. The Morgan fingerprint density at radius 2 is 1.37 bits per heavy atom. The Kier molecular flexibility index (Phi) is 4.93. The molecule has 0 amide bonds. The lowest BCUT2D eigenvalue weighted by atomic mass is 9.76. The zero-order valence-corrected chi connectivity index (χ0v) is 17.1. The molecule has 0 spiro atoms. The molecule has 2 atom stereocenters. The summed E-state index contributed by atoms with van der Waals surface area (Å²) in [5, 5.41) is 2.62. The van der Waals surface area contributed by atoms with Gasteiger partial charge in [-0.25, -0.2) is 0 Å². The van der Waals surface area contributed by atoms with Crippen molar-refractivity contribution in [1.82, 2.24) is 0 Å². The van der Waals surface area contributed by atoms with Crippen molar-refractivity contribution in [2.24, 2.45) is 5.92 Å². The van der Waals surface area contributed by atoms with Crippen molar-refractivity contribution in [3.8, 4) is 11.1 Å². The van der Waals surface area contributed by atoms with Crippen molar-refractivity contribution in [1.29, 1.82) is 0 Å². The second kappa shape index (κ2) is 8.03. The van der Waals surface area contributed by atoms with Gasteiger partial charge in [0.05, 0.1) is 0 Å². The minimum atomic E-state index is 0.263. The molecular formula is C30H24. The van der Waals surface area contributed by atoms with E-state index in [0.29, 0.717) is 5.92 Å². The Hall–Kier alpha value is -3.60. The molecule has 0 heterocycles. The van der Waals surface area contributed by atoms with Crippen LogP contribution in [-0.4, -0.2) is 0 Å². The number of benzene rings is 4. The summed E-state index contributed by atoms with van der Waals surface area (Å²) in [6, 6.07) is 35.1. The van der Waals surface area contributed by atoms with Crippen LogP contribution in [0, 0.1) is 5.92 Å². The Bertz CT molecular complexity index is 1260. The fourth-order valence-corrected chi connectivity index (χ4v) is 4.58. The van der Waals surface area contributed by atoms with Crippen LogP contribution >= 0.6 is 0 Å². The van der Waals surface area contributed by atoms with Crippen LogP contribution in [0.1, 0.15) is 24.0 Å². The third-order valence-electron chi connectivity index (χ3n) is 6.15. The molecule has 5 rings (SSSR count). The lowest BCUT2D eigenvalue weighted by Crippen LogP contribution is -2.13. The molecule has 0 N–H and O–H groups in total. The molecule has 1 aliphatic carbocycles. The number of allylic oxidation sites excluding steroid dienone is 3. The van der Waals surface area contributed by atoms with Gasteiger partial charge in [-0.3, -0.25) is 0 Å². The SMILES string of the molecule is C[C@H](C1=C=CC=C1)C(c1ccc(-c2ccccc2)cc1)c1cccc2ccccc12. The van der Waals surface area contributed by atoms with Gasteiger partial charge in [0.1, 0.15) is 0 Å². The van der Waals surface area contributed by atoms with Crippen molar-refractivity contribution in [2.45, 2.75) is 12.8 Å². The van der Waals surface area contributed by atoms with Gasteiger partial charge >= 0.3 is 0 Å². The minimum absolute atomic E-state index is 0.263. The molecule has 1 unspecified atom stereocenters. The largest absolute Gasteiger partial charge is 0.117 e. The third kappa shape index (κ3) is 3.43. The topological polar surface area (TPSA) is 0 Å². The second-order valence-electron chi connectivity index (χ2n) is 7.95. The maximum atomic E-state index is 3.44. The first kappa shape index (κ1) is 18.4. The van der Waals surface area contributed by atoms with Crippen molar-refractivity contribution in [3.63, 3.8) is 0 Å². The highest BCUT2D eigenvalue weighted by Crippen LogP contribution is 2.40. The third-order valence-corrected chi connectivity index (χ3v) is 6.15. The smallest absolute Gasteiger partial charge is 0.0168 e. The fourth-order valence-electron chi connectivity index (χ4n) is 4.58. The van der Waals surface area contributed by atoms with Crippen molar-refractivity contribution >= 4 is 10.8 Å². The van der Waals surface area contributed by atoms with Crippen LogP contribution in [0.3, 0.4) is 0 Å². The molecule has 0 fully saturated rings. The number of fused-ring (bicyclic) bond motifs is 1. The van der Waals surface area contributed by atoms with Crippen LogP contribution in [0.2, 0.25) is 0 Å². The summed E-state index contributed by atoms with van der Waals surface area (Å²) in [7, 11) is 0. The zero-order chi connectivity index (χ0) is 20.3. The van der Waals surface area contributed by atoms with E-state index in [1.165, 1.54) is 38.6 Å². The molecule has 0 aliphatic heterocycles. The maximum absolute atomic E-state index is 3.44. The van der Waals surface area contributed by atoms with E-state index in [2.05, 4.69) is 122 Å². The minimum Gasteiger partial charge on any atom is -0.117 e. The van der Waals surface area contributed by atoms with Crippen molar-refractivity contribution in [3.05, 3.63) is 138 Å². The highest BCUT2D eigenvalue weighted by Gasteiger charge is 2.25. The van der Waals surface area contributed by atoms with E-state index >= 15 is 0 Å². The van der Waals surface area contributed by atoms with Gasteiger partial charge < -0.3 is 0 Å². The lowest BCUT2D eigenvalue weighted by molar-refractivity contribution is 0.607. The predicted molar refractivity (Wildman–Crippen MR) is 128 cm³/mol. The monoisotopic (exact) mass is 384 g/mol. The van der Waals surface area contributed by atoms with Crippen LogP contribution in [0.25, 0.3) is 21.9 Å². The van der Waals surface area contributed by atoms with Gasteiger partial charge in [-0.05, 0) is 50.6 Å². The van der Waals surface area contributed by atoms with Crippen LogP contribution in [0.4, 0.5) is 0 Å². The molecule has 0 saturated carbocycles. The molecule has 0 radical (unpaired) electrons. The van der Waals surface area contributed by atoms with Gasteiger partial charge in [0.2, 0.25) is 0 Å². The normalized spacial score (nSPS) is 14.6. The standard InChI is InChI=1S/C30H24/c1-22(23-10-5-6-11-23)30(29-17-9-15-26-14-7-8-16-28(26)29)27-20-18-25(19-21-27)24-12-3-2-4-13-24/h2-10,12-22,30H,1H3/t22-,30?/m1/s1. The van der Waals surface area contributed by atoms with E-state index in [1.807, 2.05) is 6.08 Å². The first-order valence-corrected chi connectivity index (χ1v) is 10.6. The van der Waals surface area contributed by atoms with E-state index < -0.39 is 0 Å². The van der Waals surface area contributed by atoms with Gasteiger partial charge in [0.15, 0.2) is 0 Å². The molecule has 0 bridgehead atoms. The van der Waals surface area contributed by atoms with Gasteiger partial charge in [-0.2, -0.15) is 0 Å². The fraction of sp³-hybridized carbons (Fsp3) is 0.100. The summed E-state index contributed by atoms with van der Waals surface area (Å²) in [5.74, 6) is 0.591. The molecule has 0 aromatic heterocycles. The molecule has 0 nitrogen and oxygen atoms in total. The van der Waals surface area contributed by atoms with Crippen molar-refractivity contribution in [2.75, 3.05) is 0 Å². The van der Waals surface area contributed by atoms with E-state index in [9.17, 15) is 0 Å². The summed E-state index contributed by atoms with van der Waals surface area (Å²) in [4.78, 5) is 0. The molecule has 4 aromatic carbocycles. The van der Waals surface area contributed by atoms with Crippen LogP contribution < -0.4 is 0 Å². The first-order valence-electron chi connectivity index (χ1n) is 10.6. The van der Waals surface area contributed by atoms with Crippen LogP contribution in [-0.2, 0) is 0 Å². The summed E-state index contributed by atoms with van der Waals surface area (Å²) in [5.41, 5.74) is 9.93. The van der Waals surface area contributed by atoms with Crippen molar-refractivity contribution < 1.29 is 0 Å². The summed E-state index contributed by atoms with van der Waals surface area (Å²) in [6.45, 7) is 2.32. The second-order valence-corrected chi connectivity index (χ2v) is 7.95. The number of hydrogen-bond donors (Lipinski definition) is 0. The van der Waals surface area contributed by atoms with E-state index in [4.69, 9.17) is 0 Å². The Balaban J connectivity index is 1.63. The average Bonchev–Trinajstić information content (AvgIpc) is 3.36. The molecule has 0 heteroatoms.